The van der Waals surface area contributed by atoms with E-state index in [1.807, 2.05) is 13.8 Å². The van der Waals surface area contributed by atoms with Crippen LogP contribution in [0.5, 0.6) is 0 Å². The van der Waals surface area contributed by atoms with Gasteiger partial charge in [-0.1, -0.05) is 0 Å². The largest absolute Gasteiger partial charge is 0.309 e. The minimum absolute atomic E-state index is 0.167. The zero-order valence-corrected chi connectivity index (χ0v) is 12.5. The number of hydrogen-bond acceptors (Lipinski definition) is 3. The Morgan fingerprint density at radius 3 is 2.71 bits per heavy atom. The minimum Gasteiger partial charge on any atom is -0.309 e. The van der Waals surface area contributed by atoms with E-state index in [-0.39, 0.29) is 12.3 Å². The Kier molecular flexibility index (Phi) is 4.95. The summed E-state index contributed by atoms with van der Waals surface area (Å²) in [4.78, 5) is 12.4. The number of nitrogens with zero attached hydrogens (tertiary/aromatic N) is 1. The highest BCUT2D eigenvalue weighted by molar-refractivity contribution is 7.99. The van der Waals surface area contributed by atoms with Crippen LogP contribution in [0.4, 0.5) is 14.6 Å². The predicted octanol–water partition coefficient (Wildman–Crippen LogP) is 3.43. The van der Waals surface area contributed by atoms with Gasteiger partial charge in [0.2, 0.25) is 5.91 Å². The van der Waals surface area contributed by atoms with E-state index in [0.29, 0.717) is 16.5 Å². The molecule has 0 saturated heterocycles. The average Bonchev–Trinajstić information content (AvgIpc) is 2.75. The first-order valence-electron chi connectivity index (χ1n) is 6.36. The van der Waals surface area contributed by atoms with Crippen molar-refractivity contribution in [2.45, 2.75) is 25.2 Å². The number of amides is 1. The lowest BCUT2D eigenvalue weighted by Crippen LogP contribution is -2.13. The number of rotatable bonds is 5. The van der Waals surface area contributed by atoms with Gasteiger partial charge in [0.05, 0.1) is 0 Å². The van der Waals surface area contributed by atoms with Crippen molar-refractivity contribution in [2.24, 2.45) is 0 Å². The fraction of sp³-hybridized carbons (Fsp3) is 0.286. The second kappa shape index (κ2) is 6.71. The molecule has 0 radical (unpaired) electrons. The molecule has 0 unspecified atom stereocenters. The van der Waals surface area contributed by atoms with Crippen LogP contribution in [0.25, 0.3) is 0 Å². The van der Waals surface area contributed by atoms with Crippen LogP contribution in [0.3, 0.4) is 0 Å². The molecule has 2 N–H and O–H groups in total. The van der Waals surface area contributed by atoms with Gasteiger partial charge in [0.25, 0.3) is 0 Å². The van der Waals surface area contributed by atoms with Crippen LogP contribution in [0.1, 0.15) is 17.7 Å². The van der Waals surface area contributed by atoms with Crippen LogP contribution in [-0.2, 0) is 4.79 Å². The smallest absolute Gasteiger partial charge is 0.226 e. The summed E-state index contributed by atoms with van der Waals surface area (Å²) in [6.45, 7) is 3.74. The number of thioether (sulfide) groups is 1. The highest BCUT2D eigenvalue weighted by Gasteiger charge is 2.10. The first kappa shape index (κ1) is 15.5. The van der Waals surface area contributed by atoms with E-state index in [1.54, 1.807) is 0 Å². The molecule has 0 aliphatic carbocycles. The number of halogens is 2. The van der Waals surface area contributed by atoms with Crippen molar-refractivity contribution in [1.82, 2.24) is 10.2 Å². The van der Waals surface area contributed by atoms with Gasteiger partial charge in [-0.2, -0.15) is 5.10 Å². The molecule has 0 atom stereocenters. The molecule has 1 heterocycles. The summed E-state index contributed by atoms with van der Waals surface area (Å²) < 4.78 is 25.8. The molecule has 1 aromatic heterocycles. The second-order valence-electron chi connectivity index (χ2n) is 4.54. The van der Waals surface area contributed by atoms with Gasteiger partial charge in [-0.3, -0.25) is 9.89 Å². The van der Waals surface area contributed by atoms with Crippen molar-refractivity contribution in [1.29, 1.82) is 0 Å². The summed E-state index contributed by atoms with van der Waals surface area (Å²) in [6, 6.07) is 3.69. The van der Waals surface area contributed by atoms with Crippen molar-refractivity contribution in [3.05, 3.63) is 41.1 Å². The zero-order valence-electron chi connectivity index (χ0n) is 11.7. The molecular formula is C14H15F2N3OS. The third-order valence-corrected chi connectivity index (χ3v) is 4.00. The molecule has 0 bridgehead atoms. The second-order valence-corrected chi connectivity index (χ2v) is 5.71. The standard InChI is InChI=1S/C14H15F2N3OS/c1-8-9(2)18-19-14(8)17-13(20)5-6-21-10-3-4-11(15)12(16)7-10/h3-4,7H,5-6H2,1-2H3,(H2,17,18,19,20). The highest BCUT2D eigenvalue weighted by atomic mass is 32.2. The Labute approximate surface area is 125 Å². The number of carbonyl (C=O) groups is 1. The maximum Gasteiger partial charge on any atom is 0.226 e. The first-order valence-corrected chi connectivity index (χ1v) is 7.35. The van der Waals surface area contributed by atoms with Gasteiger partial charge in [0, 0.05) is 28.3 Å². The zero-order chi connectivity index (χ0) is 15.4. The Morgan fingerprint density at radius 2 is 2.10 bits per heavy atom. The van der Waals surface area contributed by atoms with Gasteiger partial charge in [-0.25, -0.2) is 8.78 Å². The van der Waals surface area contributed by atoms with E-state index < -0.39 is 11.6 Å². The molecule has 0 aliphatic rings. The van der Waals surface area contributed by atoms with Crippen molar-refractivity contribution in [3.8, 4) is 0 Å². The normalized spacial score (nSPS) is 10.7. The van der Waals surface area contributed by atoms with Crippen molar-refractivity contribution in [3.63, 3.8) is 0 Å². The Morgan fingerprint density at radius 1 is 1.33 bits per heavy atom. The lowest BCUT2D eigenvalue weighted by molar-refractivity contribution is -0.115. The maximum absolute atomic E-state index is 13.0. The van der Waals surface area contributed by atoms with Crippen molar-refractivity contribution in [2.75, 3.05) is 11.1 Å². The van der Waals surface area contributed by atoms with Gasteiger partial charge in [-0.05, 0) is 32.0 Å². The fourth-order valence-electron chi connectivity index (χ4n) is 1.63. The monoisotopic (exact) mass is 311 g/mol. The molecule has 0 aliphatic heterocycles. The number of hydrogen-bond donors (Lipinski definition) is 2. The number of nitrogens with one attached hydrogen (secondary N) is 2. The van der Waals surface area contributed by atoms with Crippen molar-refractivity contribution >= 4 is 23.5 Å². The Hall–Kier alpha value is -1.89. The summed E-state index contributed by atoms with van der Waals surface area (Å²) in [5.41, 5.74) is 1.80. The van der Waals surface area contributed by atoms with Crippen LogP contribution >= 0.6 is 11.8 Å². The van der Waals surface area contributed by atoms with E-state index in [1.165, 1.54) is 17.8 Å². The number of carbonyl (C=O) groups excluding carboxylic acids is 1. The van der Waals surface area contributed by atoms with Crippen LogP contribution in [0.2, 0.25) is 0 Å². The fourth-order valence-corrected chi connectivity index (χ4v) is 2.50. The van der Waals surface area contributed by atoms with Gasteiger partial charge in [0.1, 0.15) is 0 Å². The number of H-pyrrole nitrogens is 1. The molecule has 112 valence electrons. The third-order valence-electron chi connectivity index (χ3n) is 3.00. The minimum atomic E-state index is -0.882. The maximum atomic E-state index is 13.0. The summed E-state index contributed by atoms with van der Waals surface area (Å²) in [5.74, 6) is -0.928. The molecule has 1 aromatic carbocycles. The first-order chi connectivity index (χ1) is 9.97. The van der Waals surface area contributed by atoms with Crippen LogP contribution in [0, 0.1) is 25.5 Å². The molecule has 4 nitrogen and oxygen atoms in total. The van der Waals surface area contributed by atoms with E-state index in [9.17, 15) is 13.6 Å². The van der Waals surface area contributed by atoms with Crippen LogP contribution in [-0.4, -0.2) is 21.9 Å². The highest BCUT2D eigenvalue weighted by Crippen LogP contribution is 2.21. The molecule has 0 fully saturated rings. The quantitative estimate of drug-likeness (QED) is 0.832. The lowest BCUT2D eigenvalue weighted by Gasteiger charge is -2.04. The molecule has 1 amide bonds. The molecule has 2 aromatic rings. The summed E-state index contributed by atoms with van der Waals surface area (Å²) in [6.07, 6.45) is 0.259. The van der Waals surface area contributed by atoms with Gasteiger partial charge >= 0.3 is 0 Å². The number of aryl methyl sites for hydroxylation is 1. The number of anilines is 1. The van der Waals surface area contributed by atoms with Gasteiger partial charge in [-0.15, -0.1) is 11.8 Å². The van der Waals surface area contributed by atoms with Gasteiger partial charge < -0.3 is 5.32 Å². The topological polar surface area (TPSA) is 57.8 Å². The number of aromatic nitrogens is 2. The van der Waals surface area contributed by atoms with Crippen molar-refractivity contribution < 1.29 is 13.6 Å². The molecule has 2 rings (SSSR count). The molecule has 0 spiro atoms. The van der Waals surface area contributed by atoms with E-state index >= 15 is 0 Å². The van der Waals surface area contributed by atoms with Gasteiger partial charge in [0.15, 0.2) is 17.5 Å². The Bertz CT molecular complexity index is 658. The Balaban J connectivity index is 1.81. The SMILES string of the molecule is Cc1[nH]nc(NC(=O)CCSc2ccc(F)c(F)c2)c1C. The molecular weight excluding hydrogens is 296 g/mol. The molecule has 21 heavy (non-hydrogen) atoms. The molecule has 0 saturated carbocycles. The lowest BCUT2D eigenvalue weighted by atomic mass is 10.3. The summed E-state index contributed by atoms with van der Waals surface area (Å²) >= 11 is 1.30. The summed E-state index contributed by atoms with van der Waals surface area (Å²) in [5, 5.41) is 9.49. The third kappa shape index (κ3) is 4.04. The summed E-state index contributed by atoms with van der Waals surface area (Å²) in [7, 11) is 0. The van der Waals surface area contributed by atoms with E-state index in [0.717, 1.165) is 23.4 Å². The number of benzene rings is 1. The molecule has 7 heteroatoms. The van der Waals surface area contributed by atoms with E-state index in [2.05, 4.69) is 15.5 Å². The number of aromatic amines is 1. The van der Waals surface area contributed by atoms with E-state index in [4.69, 9.17) is 0 Å². The van der Waals surface area contributed by atoms with Crippen LogP contribution in [0.15, 0.2) is 23.1 Å². The van der Waals surface area contributed by atoms with Crippen LogP contribution < -0.4 is 5.32 Å². The average molecular weight is 311 g/mol. The predicted molar refractivity (Wildman–Crippen MR) is 78.4 cm³/mol.